The molecule has 0 aromatic rings. The summed E-state index contributed by atoms with van der Waals surface area (Å²) in [6.45, 7) is 5.02. The fourth-order valence-electron chi connectivity index (χ4n) is 2.68. The standard InChI is InChI=1S/C19H39NO2/c1-3-4-5-6-7-8-9-12-15-18(2)22-19(21)16-13-10-11-14-17-20/h18H,3-17,20H2,1-2H3. The monoisotopic (exact) mass is 313 g/mol. The third-order valence-corrected chi connectivity index (χ3v) is 4.13. The average Bonchev–Trinajstić information content (AvgIpc) is 2.49. The van der Waals surface area contributed by atoms with Crippen molar-refractivity contribution in [1.82, 2.24) is 0 Å². The number of nitrogens with two attached hydrogens (primary N) is 1. The van der Waals surface area contributed by atoms with Crippen molar-refractivity contribution in [2.75, 3.05) is 6.54 Å². The van der Waals surface area contributed by atoms with Crippen molar-refractivity contribution in [3.8, 4) is 0 Å². The Labute approximate surface area is 138 Å². The SMILES string of the molecule is CCCCCCCCCCC(C)OC(=O)CCCCCCN. The van der Waals surface area contributed by atoms with Crippen molar-refractivity contribution < 1.29 is 9.53 Å². The summed E-state index contributed by atoms with van der Waals surface area (Å²) < 4.78 is 5.45. The second-order valence-corrected chi connectivity index (χ2v) is 6.52. The second kappa shape index (κ2) is 16.8. The van der Waals surface area contributed by atoms with Crippen LogP contribution < -0.4 is 5.73 Å². The molecule has 0 bridgehead atoms. The van der Waals surface area contributed by atoms with Crippen LogP contribution in [-0.4, -0.2) is 18.6 Å². The number of carbonyl (C=O) groups excluding carboxylic acids is 1. The largest absolute Gasteiger partial charge is 0.463 e. The number of hydrogen-bond acceptors (Lipinski definition) is 3. The molecule has 0 fully saturated rings. The highest BCUT2D eigenvalue weighted by Crippen LogP contribution is 2.12. The van der Waals surface area contributed by atoms with E-state index in [0.29, 0.717) is 6.42 Å². The van der Waals surface area contributed by atoms with Crippen molar-refractivity contribution >= 4 is 5.97 Å². The van der Waals surface area contributed by atoms with Crippen LogP contribution in [0.15, 0.2) is 0 Å². The van der Waals surface area contributed by atoms with Gasteiger partial charge >= 0.3 is 5.97 Å². The molecule has 0 saturated carbocycles. The zero-order chi connectivity index (χ0) is 16.5. The summed E-state index contributed by atoms with van der Waals surface area (Å²) in [7, 11) is 0. The predicted molar refractivity (Wildman–Crippen MR) is 94.9 cm³/mol. The van der Waals surface area contributed by atoms with Gasteiger partial charge in [0.2, 0.25) is 0 Å². The van der Waals surface area contributed by atoms with Crippen molar-refractivity contribution in [3.63, 3.8) is 0 Å². The maximum Gasteiger partial charge on any atom is 0.306 e. The third-order valence-electron chi connectivity index (χ3n) is 4.13. The zero-order valence-electron chi connectivity index (χ0n) is 15.1. The van der Waals surface area contributed by atoms with Crippen LogP contribution in [0.5, 0.6) is 0 Å². The number of esters is 1. The molecule has 132 valence electrons. The van der Waals surface area contributed by atoms with E-state index in [1.54, 1.807) is 0 Å². The molecule has 0 amide bonds. The number of rotatable bonds is 16. The van der Waals surface area contributed by atoms with E-state index < -0.39 is 0 Å². The lowest BCUT2D eigenvalue weighted by Crippen LogP contribution is -2.14. The van der Waals surface area contributed by atoms with Gasteiger partial charge in [0.05, 0.1) is 6.10 Å². The smallest absolute Gasteiger partial charge is 0.306 e. The lowest BCUT2D eigenvalue weighted by Gasteiger charge is -2.13. The maximum atomic E-state index is 11.7. The summed E-state index contributed by atoms with van der Waals surface area (Å²) in [6, 6.07) is 0. The predicted octanol–water partition coefficient (Wildman–Crippen LogP) is 5.36. The van der Waals surface area contributed by atoms with E-state index >= 15 is 0 Å². The van der Waals surface area contributed by atoms with Crippen LogP contribution in [0, 0.1) is 0 Å². The highest BCUT2D eigenvalue weighted by molar-refractivity contribution is 5.69. The van der Waals surface area contributed by atoms with Crippen molar-refractivity contribution in [2.24, 2.45) is 5.73 Å². The van der Waals surface area contributed by atoms with Crippen LogP contribution in [0.4, 0.5) is 0 Å². The van der Waals surface area contributed by atoms with Gasteiger partial charge in [-0.25, -0.2) is 0 Å². The molecule has 1 atom stereocenters. The topological polar surface area (TPSA) is 52.3 Å². The summed E-state index contributed by atoms with van der Waals surface area (Å²) in [5.41, 5.74) is 5.44. The molecule has 0 radical (unpaired) electrons. The minimum absolute atomic E-state index is 0.0279. The van der Waals surface area contributed by atoms with Crippen LogP contribution in [0.3, 0.4) is 0 Å². The Morgan fingerprint density at radius 2 is 1.41 bits per heavy atom. The van der Waals surface area contributed by atoms with E-state index in [1.165, 1.54) is 51.4 Å². The lowest BCUT2D eigenvalue weighted by atomic mass is 10.1. The molecule has 0 aromatic carbocycles. The Kier molecular flexibility index (Phi) is 16.4. The van der Waals surface area contributed by atoms with Gasteiger partial charge in [-0.3, -0.25) is 4.79 Å². The molecule has 2 N–H and O–H groups in total. The Balaban J connectivity index is 3.33. The molecule has 0 aliphatic heterocycles. The first-order chi connectivity index (χ1) is 10.7. The minimum Gasteiger partial charge on any atom is -0.463 e. The van der Waals surface area contributed by atoms with E-state index in [-0.39, 0.29) is 12.1 Å². The molecule has 1 unspecified atom stereocenters. The van der Waals surface area contributed by atoms with Gasteiger partial charge < -0.3 is 10.5 Å². The van der Waals surface area contributed by atoms with Gasteiger partial charge in [0.1, 0.15) is 0 Å². The van der Waals surface area contributed by atoms with Crippen LogP contribution in [-0.2, 0) is 9.53 Å². The molecular weight excluding hydrogens is 274 g/mol. The molecule has 0 aliphatic rings. The normalized spacial score (nSPS) is 12.3. The quantitative estimate of drug-likeness (QED) is 0.308. The first kappa shape index (κ1) is 21.4. The highest BCUT2D eigenvalue weighted by atomic mass is 16.5. The summed E-state index contributed by atoms with van der Waals surface area (Å²) in [5.74, 6) is -0.0279. The molecule has 0 aromatic heterocycles. The summed E-state index contributed by atoms with van der Waals surface area (Å²) in [5, 5.41) is 0. The number of unbranched alkanes of at least 4 members (excludes halogenated alkanes) is 10. The summed E-state index contributed by atoms with van der Waals surface area (Å²) in [4.78, 5) is 11.7. The van der Waals surface area contributed by atoms with Gasteiger partial charge in [0, 0.05) is 6.42 Å². The number of hydrogen-bond donors (Lipinski definition) is 1. The Hall–Kier alpha value is -0.570. The summed E-state index contributed by atoms with van der Waals surface area (Å²) >= 11 is 0. The van der Waals surface area contributed by atoms with Gasteiger partial charge in [0.15, 0.2) is 0 Å². The molecule has 3 heteroatoms. The van der Waals surface area contributed by atoms with Crippen molar-refractivity contribution in [3.05, 3.63) is 0 Å². The number of carbonyl (C=O) groups is 1. The third kappa shape index (κ3) is 15.8. The fourth-order valence-corrected chi connectivity index (χ4v) is 2.68. The Morgan fingerprint density at radius 1 is 0.864 bits per heavy atom. The molecule has 0 spiro atoms. The van der Waals surface area contributed by atoms with E-state index in [0.717, 1.165) is 38.6 Å². The van der Waals surface area contributed by atoms with Gasteiger partial charge in [-0.1, -0.05) is 64.7 Å². The minimum atomic E-state index is -0.0279. The molecule has 22 heavy (non-hydrogen) atoms. The maximum absolute atomic E-state index is 11.7. The van der Waals surface area contributed by atoms with Crippen LogP contribution in [0.25, 0.3) is 0 Å². The fraction of sp³-hybridized carbons (Fsp3) is 0.947. The molecule has 3 nitrogen and oxygen atoms in total. The van der Waals surface area contributed by atoms with E-state index in [1.807, 2.05) is 6.92 Å². The van der Waals surface area contributed by atoms with Gasteiger partial charge in [-0.15, -0.1) is 0 Å². The first-order valence-electron chi connectivity index (χ1n) is 9.60. The molecule has 0 saturated heterocycles. The summed E-state index contributed by atoms with van der Waals surface area (Å²) in [6.07, 6.45) is 16.4. The van der Waals surface area contributed by atoms with Crippen molar-refractivity contribution in [1.29, 1.82) is 0 Å². The Morgan fingerprint density at radius 3 is 2.05 bits per heavy atom. The zero-order valence-corrected chi connectivity index (χ0v) is 15.1. The van der Waals surface area contributed by atoms with Crippen LogP contribution in [0.1, 0.15) is 104 Å². The Bertz CT molecular complexity index is 244. The first-order valence-corrected chi connectivity index (χ1v) is 9.60. The van der Waals surface area contributed by atoms with E-state index in [9.17, 15) is 4.79 Å². The molecule has 0 heterocycles. The number of ether oxygens (including phenoxy) is 1. The van der Waals surface area contributed by atoms with Gasteiger partial charge in [0.25, 0.3) is 0 Å². The van der Waals surface area contributed by atoms with Crippen LogP contribution >= 0.6 is 0 Å². The van der Waals surface area contributed by atoms with E-state index in [4.69, 9.17) is 10.5 Å². The molecule has 0 aliphatic carbocycles. The van der Waals surface area contributed by atoms with Crippen LogP contribution in [0.2, 0.25) is 0 Å². The van der Waals surface area contributed by atoms with Gasteiger partial charge in [-0.2, -0.15) is 0 Å². The second-order valence-electron chi connectivity index (χ2n) is 6.52. The van der Waals surface area contributed by atoms with Crippen molar-refractivity contribution in [2.45, 2.75) is 110 Å². The average molecular weight is 314 g/mol. The lowest BCUT2D eigenvalue weighted by molar-refractivity contribution is -0.148. The van der Waals surface area contributed by atoms with E-state index in [2.05, 4.69) is 6.92 Å². The molecular formula is C19H39NO2. The molecule has 0 rings (SSSR count). The van der Waals surface area contributed by atoms with Gasteiger partial charge in [-0.05, 0) is 39.2 Å². The highest BCUT2D eigenvalue weighted by Gasteiger charge is 2.08.